The quantitative estimate of drug-likeness (QED) is 0.584. The first-order chi connectivity index (χ1) is 14.2. The van der Waals surface area contributed by atoms with Crippen molar-refractivity contribution in [1.82, 2.24) is 14.5 Å². The predicted octanol–water partition coefficient (Wildman–Crippen LogP) is 3.55. The third kappa shape index (κ3) is 3.23. The van der Waals surface area contributed by atoms with Gasteiger partial charge < -0.3 is 14.6 Å². The number of fused-ring (bicyclic) bond motifs is 3. The molecule has 0 saturated carbocycles. The van der Waals surface area contributed by atoms with Gasteiger partial charge in [0.15, 0.2) is 0 Å². The van der Waals surface area contributed by atoms with E-state index in [0.717, 1.165) is 30.8 Å². The van der Waals surface area contributed by atoms with Gasteiger partial charge in [0.1, 0.15) is 12.4 Å². The number of nitrogens with one attached hydrogen (secondary N) is 1. The van der Waals surface area contributed by atoms with E-state index in [1.807, 2.05) is 42.5 Å². The summed E-state index contributed by atoms with van der Waals surface area (Å²) in [6, 6.07) is 19.6. The van der Waals surface area contributed by atoms with Crippen LogP contribution in [-0.4, -0.2) is 15.7 Å². The SMILES string of the molecule is Cn1c2c(c3cc(-n4ccc(OCc5ccccc5)cc4=O)ccc31)CNCC2. The number of aryl methyl sites for hydroxylation is 1. The minimum Gasteiger partial charge on any atom is -0.489 e. The standard InChI is InChI=1S/C24H23N3O2/c1-26-22-8-7-18(13-20(22)21-15-25-11-9-23(21)26)27-12-10-19(14-24(27)28)29-16-17-5-3-2-4-6-17/h2-8,10,12-14,25H,9,11,15-16H2,1H3. The van der Waals surface area contributed by atoms with Crippen molar-refractivity contribution in [2.45, 2.75) is 19.6 Å². The van der Waals surface area contributed by atoms with Crippen LogP contribution in [0.3, 0.4) is 0 Å². The second-order valence-corrected chi connectivity index (χ2v) is 7.46. The van der Waals surface area contributed by atoms with Crippen LogP contribution in [0.4, 0.5) is 0 Å². The van der Waals surface area contributed by atoms with Crippen molar-refractivity contribution < 1.29 is 4.74 Å². The van der Waals surface area contributed by atoms with Gasteiger partial charge in [0, 0.05) is 61.1 Å². The molecule has 29 heavy (non-hydrogen) atoms. The Morgan fingerprint density at radius 1 is 1.07 bits per heavy atom. The van der Waals surface area contributed by atoms with Crippen LogP contribution in [0.1, 0.15) is 16.8 Å². The molecule has 1 aliphatic rings. The van der Waals surface area contributed by atoms with Gasteiger partial charge in [-0.05, 0) is 35.4 Å². The lowest BCUT2D eigenvalue weighted by molar-refractivity contribution is 0.305. The first-order valence-corrected chi connectivity index (χ1v) is 9.91. The number of hydrogen-bond donors (Lipinski definition) is 1. The lowest BCUT2D eigenvalue weighted by atomic mass is 10.1. The molecule has 0 amide bonds. The van der Waals surface area contributed by atoms with Crippen LogP contribution in [0, 0.1) is 0 Å². The van der Waals surface area contributed by atoms with Crippen molar-refractivity contribution >= 4 is 10.9 Å². The zero-order valence-corrected chi connectivity index (χ0v) is 16.4. The van der Waals surface area contributed by atoms with E-state index in [-0.39, 0.29) is 5.56 Å². The van der Waals surface area contributed by atoms with Crippen molar-refractivity contribution in [3.63, 3.8) is 0 Å². The maximum Gasteiger partial charge on any atom is 0.258 e. The highest BCUT2D eigenvalue weighted by atomic mass is 16.5. The number of pyridine rings is 1. The van der Waals surface area contributed by atoms with Crippen LogP contribution in [0.25, 0.3) is 16.6 Å². The van der Waals surface area contributed by atoms with Gasteiger partial charge in [-0.3, -0.25) is 9.36 Å². The number of hydrogen-bond acceptors (Lipinski definition) is 3. The molecule has 5 rings (SSSR count). The summed E-state index contributed by atoms with van der Waals surface area (Å²) in [5.74, 6) is 0.581. The average molecular weight is 385 g/mol. The van der Waals surface area contributed by atoms with Gasteiger partial charge in [0.25, 0.3) is 5.56 Å². The molecule has 1 aliphatic heterocycles. The molecule has 0 spiro atoms. The number of nitrogens with zero attached hydrogens (tertiary/aromatic N) is 2. The van der Waals surface area contributed by atoms with E-state index < -0.39 is 0 Å². The summed E-state index contributed by atoms with van der Waals surface area (Å²) in [6.45, 7) is 2.32. The molecule has 5 nitrogen and oxygen atoms in total. The van der Waals surface area contributed by atoms with Gasteiger partial charge in [-0.2, -0.15) is 0 Å². The number of rotatable bonds is 4. The minimum atomic E-state index is -0.0992. The highest BCUT2D eigenvalue weighted by Crippen LogP contribution is 2.29. The van der Waals surface area contributed by atoms with Crippen LogP contribution in [-0.2, 0) is 26.6 Å². The van der Waals surface area contributed by atoms with Gasteiger partial charge in [0.2, 0.25) is 0 Å². The molecule has 0 bridgehead atoms. The Morgan fingerprint density at radius 2 is 1.93 bits per heavy atom. The van der Waals surface area contributed by atoms with Gasteiger partial charge >= 0.3 is 0 Å². The largest absolute Gasteiger partial charge is 0.489 e. The average Bonchev–Trinajstić information content (AvgIpc) is 3.05. The molecule has 0 atom stereocenters. The molecular weight excluding hydrogens is 362 g/mol. The molecule has 2 aromatic heterocycles. The Hall–Kier alpha value is -3.31. The monoisotopic (exact) mass is 385 g/mol. The Kier molecular flexibility index (Phi) is 4.45. The first-order valence-electron chi connectivity index (χ1n) is 9.91. The van der Waals surface area contributed by atoms with E-state index in [9.17, 15) is 4.79 Å². The third-order valence-corrected chi connectivity index (χ3v) is 5.68. The minimum absolute atomic E-state index is 0.0992. The molecule has 146 valence electrons. The fourth-order valence-electron chi connectivity index (χ4n) is 4.15. The number of ether oxygens (including phenoxy) is 1. The second-order valence-electron chi connectivity index (χ2n) is 7.46. The molecule has 0 saturated heterocycles. The zero-order chi connectivity index (χ0) is 19.8. The Balaban J connectivity index is 1.46. The maximum absolute atomic E-state index is 12.7. The fourth-order valence-corrected chi connectivity index (χ4v) is 4.15. The molecule has 1 N–H and O–H groups in total. The van der Waals surface area contributed by atoms with E-state index in [2.05, 4.69) is 29.1 Å². The first kappa shape index (κ1) is 17.8. The molecule has 0 unspecified atom stereocenters. The topological polar surface area (TPSA) is 48.2 Å². The van der Waals surface area contributed by atoms with E-state index in [4.69, 9.17) is 4.74 Å². The van der Waals surface area contributed by atoms with Crippen molar-refractivity contribution in [2.75, 3.05) is 6.54 Å². The summed E-state index contributed by atoms with van der Waals surface area (Å²) >= 11 is 0. The number of aromatic nitrogens is 2. The smallest absolute Gasteiger partial charge is 0.258 e. The highest BCUT2D eigenvalue weighted by molar-refractivity contribution is 5.87. The van der Waals surface area contributed by atoms with Gasteiger partial charge in [-0.25, -0.2) is 0 Å². The van der Waals surface area contributed by atoms with Gasteiger partial charge in [-0.1, -0.05) is 30.3 Å². The molecule has 2 aromatic carbocycles. The van der Waals surface area contributed by atoms with Gasteiger partial charge in [0.05, 0.1) is 0 Å². The Morgan fingerprint density at radius 3 is 2.76 bits per heavy atom. The zero-order valence-electron chi connectivity index (χ0n) is 16.4. The predicted molar refractivity (Wildman–Crippen MR) is 115 cm³/mol. The van der Waals surface area contributed by atoms with Crippen molar-refractivity contribution in [2.24, 2.45) is 7.05 Å². The molecule has 4 aromatic rings. The summed E-state index contributed by atoms with van der Waals surface area (Å²) in [4.78, 5) is 12.7. The Labute approximate surface area is 169 Å². The highest BCUT2D eigenvalue weighted by Gasteiger charge is 2.18. The normalized spacial score (nSPS) is 13.4. The summed E-state index contributed by atoms with van der Waals surface area (Å²) in [6.07, 6.45) is 2.82. The second kappa shape index (κ2) is 7.26. The van der Waals surface area contributed by atoms with Crippen LogP contribution in [0.5, 0.6) is 5.75 Å². The molecular formula is C24H23N3O2. The van der Waals surface area contributed by atoms with E-state index >= 15 is 0 Å². The maximum atomic E-state index is 12.7. The molecule has 3 heterocycles. The van der Waals surface area contributed by atoms with E-state index in [1.54, 1.807) is 16.8 Å². The summed E-state index contributed by atoms with van der Waals surface area (Å²) in [7, 11) is 2.12. The van der Waals surface area contributed by atoms with Crippen molar-refractivity contribution in [3.8, 4) is 11.4 Å². The van der Waals surface area contributed by atoms with Crippen LogP contribution in [0.15, 0.2) is 71.7 Å². The van der Waals surface area contributed by atoms with Crippen molar-refractivity contribution in [3.05, 3.63) is 94.0 Å². The summed E-state index contributed by atoms with van der Waals surface area (Å²) in [5, 5.41) is 4.67. The summed E-state index contributed by atoms with van der Waals surface area (Å²) < 4.78 is 9.73. The molecule has 0 radical (unpaired) electrons. The van der Waals surface area contributed by atoms with E-state index in [1.165, 1.54) is 22.2 Å². The van der Waals surface area contributed by atoms with Crippen LogP contribution < -0.4 is 15.6 Å². The molecule has 5 heteroatoms. The van der Waals surface area contributed by atoms with Gasteiger partial charge in [-0.15, -0.1) is 0 Å². The molecule has 0 aliphatic carbocycles. The fraction of sp³-hybridized carbons (Fsp3) is 0.208. The van der Waals surface area contributed by atoms with Crippen LogP contribution >= 0.6 is 0 Å². The summed E-state index contributed by atoms with van der Waals surface area (Å²) in [5.41, 5.74) is 5.77. The lowest BCUT2D eigenvalue weighted by Gasteiger charge is -2.14. The van der Waals surface area contributed by atoms with E-state index in [0.29, 0.717) is 12.4 Å². The molecule has 0 fully saturated rings. The number of benzene rings is 2. The third-order valence-electron chi connectivity index (χ3n) is 5.68. The Bertz CT molecular complexity index is 1240. The lowest BCUT2D eigenvalue weighted by Crippen LogP contribution is -2.24. The van der Waals surface area contributed by atoms with Crippen molar-refractivity contribution in [1.29, 1.82) is 0 Å². The van der Waals surface area contributed by atoms with Crippen LogP contribution in [0.2, 0.25) is 0 Å².